The van der Waals surface area contributed by atoms with Crippen molar-refractivity contribution in [2.24, 2.45) is 7.05 Å². The minimum Gasteiger partial charge on any atom is -0.364 e. The molecule has 0 aliphatic heterocycles. The zero-order valence-electron chi connectivity index (χ0n) is 18.6. The molecule has 5 aromatic rings. The molecule has 180 valence electrons. The van der Waals surface area contributed by atoms with Crippen LogP contribution < -0.4 is 5.32 Å². The van der Waals surface area contributed by atoms with Gasteiger partial charge in [-0.25, -0.2) is 29.2 Å². The topological polar surface area (TPSA) is 88.7 Å². The van der Waals surface area contributed by atoms with E-state index in [9.17, 15) is 17.6 Å². The summed E-state index contributed by atoms with van der Waals surface area (Å²) in [5, 5.41) is 3.21. The van der Waals surface area contributed by atoms with E-state index in [4.69, 9.17) is 6.57 Å². The van der Waals surface area contributed by atoms with E-state index < -0.39 is 17.7 Å². The molecule has 0 atom stereocenters. The molecule has 36 heavy (non-hydrogen) atoms. The highest BCUT2D eigenvalue weighted by Gasteiger charge is 2.34. The van der Waals surface area contributed by atoms with Crippen molar-refractivity contribution in [1.82, 2.24) is 29.5 Å². The van der Waals surface area contributed by atoms with Crippen LogP contribution >= 0.6 is 0 Å². The zero-order valence-corrected chi connectivity index (χ0v) is 18.6. The van der Waals surface area contributed by atoms with Gasteiger partial charge in [0.05, 0.1) is 12.9 Å². The standard InChI is InChI=1S/C24H16F4N8/c1-29-17-9-15(7-8-16(17)25)20-34-21(19-22(35-20)32-12-31-19)30-10-13-3-5-14(6-4-13)23-33-18(11-36(23)2)24(26,27)28/h3-9,11-12H,10H2,2H3,(H2,30,31,32,34,35). The second kappa shape index (κ2) is 8.77. The zero-order chi connectivity index (χ0) is 25.4. The van der Waals surface area contributed by atoms with Crippen LogP contribution in [-0.4, -0.2) is 29.5 Å². The van der Waals surface area contributed by atoms with Crippen LogP contribution in [0.3, 0.4) is 0 Å². The Labute approximate surface area is 201 Å². The number of halogens is 4. The highest BCUT2D eigenvalue weighted by molar-refractivity contribution is 5.84. The summed E-state index contributed by atoms with van der Waals surface area (Å²) in [6.07, 6.45) is -2.09. The molecule has 0 fully saturated rings. The van der Waals surface area contributed by atoms with Gasteiger partial charge >= 0.3 is 6.18 Å². The molecule has 0 saturated carbocycles. The molecule has 0 amide bonds. The number of hydrogen-bond donors (Lipinski definition) is 2. The van der Waals surface area contributed by atoms with Crippen molar-refractivity contribution in [3.63, 3.8) is 0 Å². The molecule has 0 bridgehead atoms. The largest absolute Gasteiger partial charge is 0.434 e. The van der Waals surface area contributed by atoms with Crippen LogP contribution in [0.15, 0.2) is 55.0 Å². The molecule has 8 nitrogen and oxygen atoms in total. The summed E-state index contributed by atoms with van der Waals surface area (Å²) in [6, 6.07) is 11.0. The number of nitrogens with one attached hydrogen (secondary N) is 2. The number of imidazole rings is 2. The molecule has 3 heterocycles. The molecule has 2 aromatic carbocycles. The van der Waals surface area contributed by atoms with E-state index in [2.05, 4.69) is 35.1 Å². The fraction of sp³-hybridized carbons (Fsp3) is 0.125. The summed E-state index contributed by atoms with van der Waals surface area (Å²) >= 11 is 0. The number of benzene rings is 2. The Hall–Kier alpha value is -4.79. The van der Waals surface area contributed by atoms with Crippen LogP contribution in [0.2, 0.25) is 0 Å². The van der Waals surface area contributed by atoms with Gasteiger partial charge in [-0.15, -0.1) is 0 Å². The fourth-order valence-corrected chi connectivity index (χ4v) is 3.66. The third kappa shape index (κ3) is 4.34. The summed E-state index contributed by atoms with van der Waals surface area (Å²) < 4.78 is 54.0. The van der Waals surface area contributed by atoms with Gasteiger partial charge in [0.15, 0.2) is 23.0 Å². The highest BCUT2D eigenvalue weighted by Crippen LogP contribution is 2.31. The van der Waals surface area contributed by atoms with Gasteiger partial charge in [-0.2, -0.15) is 13.2 Å². The number of nitrogens with zero attached hydrogens (tertiary/aromatic N) is 6. The smallest absolute Gasteiger partial charge is 0.364 e. The maximum absolute atomic E-state index is 13.7. The molecule has 2 N–H and O–H groups in total. The number of alkyl halides is 3. The van der Waals surface area contributed by atoms with Gasteiger partial charge in [0.25, 0.3) is 0 Å². The molecular formula is C24H16F4N8. The molecule has 0 radical (unpaired) electrons. The third-order valence-corrected chi connectivity index (χ3v) is 5.45. The first-order valence-electron chi connectivity index (χ1n) is 10.5. The van der Waals surface area contributed by atoms with E-state index >= 15 is 0 Å². The Morgan fingerprint density at radius 1 is 1.06 bits per heavy atom. The maximum Gasteiger partial charge on any atom is 0.434 e. The van der Waals surface area contributed by atoms with Crippen LogP contribution in [0.4, 0.5) is 29.1 Å². The van der Waals surface area contributed by atoms with Gasteiger partial charge in [0.1, 0.15) is 17.2 Å². The van der Waals surface area contributed by atoms with Crippen molar-refractivity contribution in [1.29, 1.82) is 0 Å². The Morgan fingerprint density at radius 2 is 1.81 bits per heavy atom. The molecule has 5 rings (SSSR count). The van der Waals surface area contributed by atoms with Crippen LogP contribution in [-0.2, 0) is 19.8 Å². The first-order chi connectivity index (χ1) is 17.2. The lowest BCUT2D eigenvalue weighted by molar-refractivity contribution is -0.140. The normalized spacial score (nSPS) is 11.6. The lowest BCUT2D eigenvalue weighted by Crippen LogP contribution is -2.05. The number of rotatable bonds is 5. The lowest BCUT2D eigenvalue weighted by Gasteiger charge is -2.10. The minimum absolute atomic E-state index is 0.136. The van der Waals surface area contributed by atoms with E-state index in [1.54, 1.807) is 24.3 Å². The van der Waals surface area contributed by atoms with E-state index in [0.717, 1.165) is 11.8 Å². The van der Waals surface area contributed by atoms with E-state index in [0.29, 0.717) is 34.7 Å². The quantitative estimate of drug-likeness (QED) is 0.241. The van der Waals surface area contributed by atoms with Crippen LogP contribution in [0, 0.1) is 12.4 Å². The summed E-state index contributed by atoms with van der Waals surface area (Å²) in [5.74, 6) is 0.299. The van der Waals surface area contributed by atoms with E-state index in [-0.39, 0.29) is 17.3 Å². The third-order valence-electron chi connectivity index (χ3n) is 5.45. The highest BCUT2D eigenvalue weighted by atomic mass is 19.4. The average molecular weight is 492 g/mol. The summed E-state index contributed by atoms with van der Waals surface area (Å²) in [6.45, 7) is 7.47. The Morgan fingerprint density at radius 3 is 2.50 bits per heavy atom. The predicted octanol–water partition coefficient (Wildman–Crippen LogP) is 5.74. The van der Waals surface area contributed by atoms with Crippen molar-refractivity contribution in [2.75, 3.05) is 5.32 Å². The second-order valence-electron chi connectivity index (χ2n) is 7.88. The number of hydrogen-bond acceptors (Lipinski definition) is 5. The van der Waals surface area contributed by atoms with Crippen molar-refractivity contribution in [3.05, 3.63) is 83.5 Å². The monoisotopic (exact) mass is 492 g/mol. The molecule has 0 spiro atoms. The van der Waals surface area contributed by atoms with Crippen molar-refractivity contribution in [2.45, 2.75) is 12.7 Å². The summed E-state index contributed by atoms with van der Waals surface area (Å²) in [7, 11) is 1.51. The number of H-pyrrole nitrogens is 1. The Bertz CT molecular complexity index is 1610. The van der Waals surface area contributed by atoms with Gasteiger partial charge < -0.3 is 14.9 Å². The number of aromatic amines is 1. The molecular weight excluding hydrogens is 476 g/mol. The first kappa shape index (κ1) is 23.0. The van der Waals surface area contributed by atoms with Crippen LogP contribution in [0.25, 0.3) is 38.8 Å². The molecule has 0 saturated heterocycles. The number of aromatic nitrogens is 6. The van der Waals surface area contributed by atoms with Crippen LogP contribution in [0.1, 0.15) is 11.3 Å². The fourth-order valence-electron chi connectivity index (χ4n) is 3.66. The van der Waals surface area contributed by atoms with Crippen molar-refractivity contribution >= 4 is 22.7 Å². The SMILES string of the molecule is [C-]#[N+]c1cc(-c2nc(NCc3ccc(-c4nc(C(F)(F)F)cn4C)cc3)c3[nH]cnc3n2)ccc1F. The second-order valence-corrected chi connectivity index (χ2v) is 7.88. The van der Waals surface area contributed by atoms with Gasteiger partial charge in [-0.05, 0) is 17.7 Å². The van der Waals surface area contributed by atoms with Crippen molar-refractivity contribution < 1.29 is 17.6 Å². The average Bonchev–Trinajstić information content (AvgIpc) is 3.50. The molecule has 0 aliphatic rings. The first-order valence-corrected chi connectivity index (χ1v) is 10.5. The lowest BCUT2D eigenvalue weighted by atomic mass is 10.1. The molecule has 3 aromatic heterocycles. The van der Waals surface area contributed by atoms with Crippen LogP contribution in [0.5, 0.6) is 0 Å². The Kier molecular flexibility index (Phi) is 5.60. The number of fused-ring (bicyclic) bond motifs is 1. The van der Waals surface area contributed by atoms with Gasteiger partial charge in [-0.1, -0.05) is 30.3 Å². The van der Waals surface area contributed by atoms with E-state index in [1.165, 1.54) is 36.1 Å². The van der Waals surface area contributed by atoms with Crippen molar-refractivity contribution in [3.8, 4) is 22.8 Å². The summed E-state index contributed by atoms with van der Waals surface area (Å²) in [5.41, 5.74) is 1.73. The minimum atomic E-state index is -4.51. The molecule has 12 heteroatoms. The number of anilines is 1. The maximum atomic E-state index is 13.7. The molecule has 0 aliphatic carbocycles. The van der Waals surface area contributed by atoms with Gasteiger partial charge in [0.2, 0.25) is 5.69 Å². The summed E-state index contributed by atoms with van der Waals surface area (Å²) in [4.78, 5) is 23.0. The van der Waals surface area contributed by atoms with Gasteiger partial charge in [0, 0.05) is 30.9 Å². The van der Waals surface area contributed by atoms with Gasteiger partial charge in [-0.3, -0.25) is 0 Å². The number of aryl methyl sites for hydroxylation is 1. The predicted molar refractivity (Wildman–Crippen MR) is 124 cm³/mol. The van der Waals surface area contributed by atoms with E-state index in [1.807, 2.05) is 0 Å². The molecule has 0 unspecified atom stereocenters. The Balaban J connectivity index is 1.39.